The van der Waals surface area contributed by atoms with Crippen molar-refractivity contribution in [2.75, 3.05) is 13.2 Å². The molecule has 4 heteroatoms. The predicted molar refractivity (Wildman–Crippen MR) is 74.8 cm³/mol. The summed E-state index contributed by atoms with van der Waals surface area (Å²) >= 11 is 1.76. The third kappa shape index (κ3) is 1.76. The zero-order valence-corrected chi connectivity index (χ0v) is 11.5. The number of hydrogen-bond donors (Lipinski definition) is 1. The number of thiophene rings is 1. The van der Waals surface area contributed by atoms with Crippen LogP contribution in [0.5, 0.6) is 11.5 Å². The number of fused-ring (bicyclic) bond motifs is 2. The van der Waals surface area contributed by atoms with Gasteiger partial charge in [-0.1, -0.05) is 13.8 Å². The molecular weight excluding hydrogens is 246 g/mol. The number of rotatable bonds is 2. The van der Waals surface area contributed by atoms with E-state index < -0.39 is 0 Å². The van der Waals surface area contributed by atoms with Crippen molar-refractivity contribution in [1.29, 1.82) is 0 Å². The van der Waals surface area contributed by atoms with Crippen LogP contribution >= 0.6 is 11.3 Å². The zero-order valence-electron chi connectivity index (χ0n) is 10.7. The molecule has 0 saturated carbocycles. The fourth-order valence-electron chi connectivity index (χ4n) is 2.49. The Morgan fingerprint density at radius 3 is 2.50 bits per heavy atom. The van der Waals surface area contributed by atoms with Crippen molar-refractivity contribution in [1.82, 2.24) is 0 Å². The molecule has 1 aliphatic heterocycles. The lowest BCUT2D eigenvalue weighted by Gasteiger charge is -2.18. The lowest BCUT2D eigenvalue weighted by molar-refractivity contribution is 0.172. The monoisotopic (exact) mass is 263 g/mol. The van der Waals surface area contributed by atoms with Crippen LogP contribution in [0.3, 0.4) is 0 Å². The molecule has 2 aromatic rings. The second-order valence-corrected chi connectivity index (χ2v) is 5.93. The van der Waals surface area contributed by atoms with Crippen molar-refractivity contribution in [3.8, 4) is 11.5 Å². The highest BCUT2D eigenvalue weighted by Gasteiger charge is 2.19. The molecule has 96 valence electrons. The molecule has 0 bridgehead atoms. The first-order chi connectivity index (χ1) is 8.70. The third-order valence-electron chi connectivity index (χ3n) is 3.23. The van der Waals surface area contributed by atoms with E-state index in [0.29, 0.717) is 25.7 Å². The molecular formula is C14H17NO2S. The highest BCUT2D eigenvalue weighted by Crippen LogP contribution is 2.42. The van der Waals surface area contributed by atoms with Crippen molar-refractivity contribution in [3.05, 3.63) is 22.6 Å². The largest absolute Gasteiger partial charge is 0.486 e. The summed E-state index contributed by atoms with van der Waals surface area (Å²) in [7, 11) is 0. The number of hydrogen-bond acceptors (Lipinski definition) is 4. The predicted octanol–water partition coefficient (Wildman–Crippen LogP) is 3.25. The van der Waals surface area contributed by atoms with E-state index in [0.717, 1.165) is 11.5 Å². The molecule has 1 aliphatic rings. The average molecular weight is 263 g/mol. The maximum atomic E-state index is 5.85. The summed E-state index contributed by atoms with van der Waals surface area (Å²) in [6.07, 6.45) is 0. The molecule has 0 radical (unpaired) electrons. The van der Waals surface area contributed by atoms with Crippen LogP contribution < -0.4 is 15.2 Å². The molecule has 1 aromatic carbocycles. The standard InChI is InChI=1S/C14H17NO2S/c1-8(2)14-9-5-10-11(17-4-3-16-10)6-12(9)18-13(14)7-15/h5-6,8H,3-4,7,15H2,1-2H3. The highest BCUT2D eigenvalue weighted by molar-refractivity contribution is 7.19. The smallest absolute Gasteiger partial charge is 0.162 e. The molecule has 0 fully saturated rings. The summed E-state index contributed by atoms with van der Waals surface area (Å²) < 4.78 is 12.5. The normalized spacial score (nSPS) is 14.4. The van der Waals surface area contributed by atoms with Crippen molar-refractivity contribution in [2.45, 2.75) is 26.3 Å². The molecule has 2 N–H and O–H groups in total. The Bertz CT molecular complexity index is 589. The van der Waals surface area contributed by atoms with Crippen LogP contribution in [0.4, 0.5) is 0 Å². The summed E-state index contributed by atoms with van der Waals surface area (Å²) in [5, 5.41) is 1.26. The van der Waals surface area contributed by atoms with Crippen molar-refractivity contribution in [3.63, 3.8) is 0 Å². The van der Waals surface area contributed by atoms with Crippen LogP contribution in [0, 0.1) is 0 Å². The van der Waals surface area contributed by atoms with Gasteiger partial charge >= 0.3 is 0 Å². The summed E-state index contributed by atoms with van der Waals surface area (Å²) in [6, 6.07) is 4.19. The molecule has 0 spiro atoms. The summed E-state index contributed by atoms with van der Waals surface area (Å²) in [4.78, 5) is 1.27. The van der Waals surface area contributed by atoms with Crippen molar-refractivity contribution < 1.29 is 9.47 Å². The van der Waals surface area contributed by atoms with Crippen LogP contribution in [0.2, 0.25) is 0 Å². The molecule has 0 saturated heterocycles. The van der Waals surface area contributed by atoms with E-state index in [2.05, 4.69) is 26.0 Å². The van der Waals surface area contributed by atoms with Gasteiger partial charge in [-0.2, -0.15) is 0 Å². The van der Waals surface area contributed by atoms with Gasteiger partial charge in [-0.3, -0.25) is 0 Å². The first-order valence-electron chi connectivity index (χ1n) is 6.25. The van der Waals surface area contributed by atoms with E-state index in [1.54, 1.807) is 11.3 Å². The van der Waals surface area contributed by atoms with Gasteiger partial charge in [0.25, 0.3) is 0 Å². The lowest BCUT2D eigenvalue weighted by atomic mass is 9.99. The van der Waals surface area contributed by atoms with Gasteiger partial charge in [0.1, 0.15) is 13.2 Å². The number of benzene rings is 1. The Hall–Kier alpha value is -1.26. The van der Waals surface area contributed by atoms with Crippen LogP contribution in [0.15, 0.2) is 12.1 Å². The van der Waals surface area contributed by atoms with Gasteiger partial charge in [-0.05, 0) is 17.5 Å². The average Bonchev–Trinajstić information content (AvgIpc) is 2.73. The topological polar surface area (TPSA) is 44.5 Å². The van der Waals surface area contributed by atoms with Crippen LogP contribution in [-0.4, -0.2) is 13.2 Å². The van der Waals surface area contributed by atoms with Gasteiger partial charge in [0, 0.05) is 27.6 Å². The van der Waals surface area contributed by atoms with E-state index >= 15 is 0 Å². The highest BCUT2D eigenvalue weighted by atomic mass is 32.1. The fraction of sp³-hybridized carbons (Fsp3) is 0.429. The van der Waals surface area contributed by atoms with E-state index in [4.69, 9.17) is 15.2 Å². The zero-order chi connectivity index (χ0) is 12.7. The second kappa shape index (κ2) is 4.44. The fourth-order valence-corrected chi connectivity index (χ4v) is 3.74. The summed E-state index contributed by atoms with van der Waals surface area (Å²) in [6.45, 7) is 6.27. The molecule has 0 atom stereocenters. The van der Waals surface area contributed by atoms with Gasteiger partial charge in [-0.15, -0.1) is 11.3 Å². The Morgan fingerprint density at radius 1 is 1.22 bits per heavy atom. The minimum Gasteiger partial charge on any atom is -0.486 e. The first kappa shape index (κ1) is 11.8. The van der Waals surface area contributed by atoms with Crippen LogP contribution in [0.1, 0.15) is 30.2 Å². The molecule has 2 heterocycles. The Morgan fingerprint density at radius 2 is 1.89 bits per heavy atom. The van der Waals surface area contributed by atoms with E-state index in [-0.39, 0.29) is 0 Å². The van der Waals surface area contributed by atoms with Crippen molar-refractivity contribution >= 4 is 21.4 Å². The van der Waals surface area contributed by atoms with Crippen LogP contribution in [-0.2, 0) is 6.54 Å². The SMILES string of the molecule is CC(C)c1c(CN)sc2cc3c(cc12)OCCO3. The van der Waals surface area contributed by atoms with Gasteiger partial charge in [-0.25, -0.2) is 0 Å². The lowest BCUT2D eigenvalue weighted by Crippen LogP contribution is -2.15. The third-order valence-corrected chi connectivity index (χ3v) is 4.42. The summed E-state index contributed by atoms with van der Waals surface area (Å²) in [5.41, 5.74) is 7.21. The van der Waals surface area contributed by atoms with Crippen LogP contribution in [0.25, 0.3) is 10.1 Å². The molecule has 3 rings (SSSR count). The minimum atomic E-state index is 0.472. The molecule has 1 aromatic heterocycles. The van der Waals surface area contributed by atoms with E-state index in [1.807, 2.05) is 0 Å². The van der Waals surface area contributed by atoms with Gasteiger partial charge in [0.15, 0.2) is 11.5 Å². The first-order valence-corrected chi connectivity index (χ1v) is 7.07. The molecule has 0 unspecified atom stereocenters. The van der Waals surface area contributed by atoms with E-state index in [1.165, 1.54) is 20.5 Å². The van der Waals surface area contributed by atoms with Gasteiger partial charge in [0.05, 0.1) is 0 Å². The quantitative estimate of drug-likeness (QED) is 0.904. The molecule has 0 amide bonds. The van der Waals surface area contributed by atoms with Gasteiger partial charge < -0.3 is 15.2 Å². The summed E-state index contributed by atoms with van der Waals surface area (Å²) in [5.74, 6) is 2.19. The maximum absolute atomic E-state index is 5.85. The number of nitrogens with two attached hydrogens (primary N) is 1. The van der Waals surface area contributed by atoms with Gasteiger partial charge in [0.2, 0.25) is 0 Å². The van der Waals surface area contributed by atoms with Crippen molar-refractivity contribution in [2.24, 2.45) is 5.73 Å². The molecule has 3 nitrogen and oxygen atoms in total. The Balaban J connectivity index is 2.25. The Kier molecular flexibility index (Phi) is 2.92. The molecule has 0 aliphatic carbocycles. The second-order valence-electron chi connectivity index (χ2n) is 4.79. The maximum Gasteiger partial charge on any atom is 0.162 e. The molecule has 18 heavy (non-hydrogen) atoms. The Labute approximate surface area is 111 Å². The number of ether oxygens (including phenoxy) is 2. The minimum absolute atomic E-state index is 0.472. The van der Waals surface area contributed by atoms with E-state index in [9.17, 15) is 0 Å².